The molecule has 4 aromatic heterocycles. The lowest BCUT2D eigenvalue weighted by Crippen LogP contribution is -2.38. The molecule has 10 nitrogen and oxygen atoms in total. The number of ketones is 1. The van der Waals surface area contributed by atoms with Gasteiger partial charge in [0.2, 0.25) is 11.9 Å². The number of aromatic nitrogens is 6. The average Bonchev–Trinajstić information content (AvgIpc) is 3.33. The molecule has 1 saturated heterocycles. The molecular formula is C27H25ClFN9O. The van der Waals surface area contributed by atoms with Gasteiger partial charge >= 0.3 is 0 Å². The molecule has 1 N–H and O–H groups in total. The van der Waals surface area contributed by atoms with Crippen LogP contribution < -0.4 is 10.2 Å². The molecule has 0 unspecified atom stereocenters. The van der Waals surface area contributed by atoms with Gasteiger partial charge < -0.3 is 10.2 Å². The number of nitrogens with zero attached hydrogens (tertiary/aromatic N) is 8. The van der Waals surface area contributed by atoms with Crippen molar-refractivity contribution in [3.63, 3.8) is 0 Å². The highest BCUT2D eigenvalue weighted by Gasteiger charge is 2.40. The number of carbonyl (C=O) groups is 1. The van der Waals surface area contributed by atoms with Crippen molar-refractivity contribution < 1.29 is 9.18 Å². The van der Waals surface area contributed by atoms with E-state index in [2.05, 4.69) is 26.5 Å². The lowest BCUT2D eigenvalue weighted by atomic mass is 10.0. The highest BCUT2D eigenvalue weighted by atomic mass is 35.5. The Morgan fingerprint density at radius 2 is 2.10 bits per heavy atom. The number of carbonyl (C=O) groups excluding carboxylic acids is 1. The molecule has 2 aliphatic heterocycles. The summed E-state index contributed by atoms with van der Waals surface area (Å²) in [5, 5.41) is 13.1. The largest absolute Gasteiger partial charge is 0.327 e. The molecule has 1 saturated carbocycles. The molecule has 0 bridgehead atoms. The van der Waals surface area contributed by atoms with Crippen LogP contribution in [-0.2, 0) is 11.2 Å². The first-order chi connectivity index (χ1) is 19.0. The van der Waals surface area contributed by atoms with Crippen LogP contribution in [0.25, 0.3) is 5.52 Å². The molecule has 0 radical (unpaired) electrons. The van der Waals surface area contributed by atoms with Crippen LogP contribution in [0.5, 0.6) is 0 Å². The summed E-state index contributed by atoms with van der Waals surface area (Å²) in [6, 6.07) is 6.06. The first kappa shape index (κ1) is 24.0. The summed E-state index contributed by atoms with van der Waals surface area (Å²) in [7, 11) is 0. The molecule has 2 fully saturated rings. The van der Waals surface area contributed by atoms with Crippen molar-refractivity contribution in [1.29, 1.82) is 0 Å². The van der Waals surface area contributed by atoms with Gasteiger partial charge in [0.05, 0.1) is 29.8 Å². The number of hydrogen-bond donors (Lipinski definition) is 1. The molecule has 7 rings (SSSR count). The predicted octanol–water partition coefficient (Wildman–Crippen LogP) is 3.91. The lowest BCUT2D eigenvalue weighted by Gasteiger charge is -2.24. The van der Waals surface area contributed by atoms with Crippen molar-refractivity contribution in [3.05, 3.63) is 77.2 Å². The zero-order valence-electron chi connectivity index (χ0n) is 20.9. The molecule has 0 spiro atoms. The lowest BCUT2D eigenvalue weighted by molar-refractivity contribution is -0.119. The van der Waals surface area contributed by atoms with Crippen LogP contribution in [0.3, 0.4) is 0 Å². The fourth-order valence-electron chi connectivity index (χ4n) is 5.35. The maximum absolute atomic E-state index is 13.6. The van der Waals surface area contributed by atoms with Gasteiger partial charge in [-0.1, -0.05) is 17.7 Å². The van der Waals surface area contributed by atoms with E-state index in [-0.39, 0.29) is 18.2 Å². The number of hydrogen-bond acceptors (Lipinski definition) is 8. The van der Waals surface area contributed by atoms with Crippen molar-refractivity contribution in [2.75, 3.05) is 23.3 Å². The summed E-state index contributed by atoms with van der Waals surface area (Å²) in [5.74, 6) is 1.86. The van der Waals surface area contributed by atoms with E-state index in [9.17, 15) is 9.18 Å². The molecule has 2 atom stereocenters. The number of fused-ring (bicyclic) bond motifs is 1. The van der Waals surface area contributed by atoms with Crippen molar-refractivity contribution in [3.8, 4) is 0 Å². The number of rotatable bonds is 7. The van der Waals surface area contributed by atoms with Crippen LogP contribution in [0.15, 0.2) is 65.7 Å². The third kappa shape index (κ3) is 4.78. The molecule has 39 heavy (non-hydrogen) atoms. The van der Waals surface area contributed by atoms with Crippen LogP contribution in [0.2, 0.25) is 5.02 Å². The highest BCUT2D eigenvalue weighted by Crippen LogP contribution is 2.38. The molecule has 0 amide bonds. The van der Waals surface area contributed by atoms with Crippen LogP contribution in [0.1, 0.15) is 30.9 Å². The Morgan fingerprint density at radius 1 is 1.21 bits per heavy atom. The van der Waals surface area contributed by atoms with Crippen molar-refractivity contribution >= 4 is 40.5 Å². The van der Waals surface area contributed by atoms with Gasteiger partial charge in [-0.05, 0) is 60.6 Å². The third-order valence-corrected chi connectivity index (χ3v) is 7.70. The molecule has 12 heteroatoms. The fourth-order valence-corrected chi connectivity index (χ4v) is 5.50. The zero-order valence-corrected chi connectivity index (χ0v) is 21.7. The van der Waals surface area contributed by atoms with Crippen LogP contribution in [0, 0.1) is 11.9 Å². The average molecular weight is 546 g/mol. The second-order valence-electron chi connectivity index (χ2n) is 10.2. The first-order valence-corrected chi connectivity index (χ1v) is 13.3. The van der Waals surface area contributed by atoms with Crippen molar-refractivity contribution in [1.82, 2.24) is 29.4 Å². The smallest absolute Gasteiger partial charge is 0.246 e. The Labute approximate surface area is 228 Å². The number of halogens is 2. The predicted molar refractivity (Wildman–Crippen MR) is 145 cm³/mol. The number of pyridine rings is 1. The maximum atomic E-state index is 13.6. The fraction of sp³-hybridized carbons (Fsp3) is 0.333. The summed E-state index contributed by atoms with van der Waals surface area (Å²) in [6.07, 6.45) is 11.8. The van der Waals surface area contributed by atoms with Gasteiger partial charge in [0.25, 0.3) is 0 Å². The molecule has 0 aromatic carbocycles. The minimum atomic E-state index is -0.580. The minimum absolute atomic E-state index is 0.0351. The Morgan fingerprint density at radius 3 is 2.87 bits per heavy atom. The van der Waals surface area contributed by atoms with E-state index in [0.29, 0.717) is 41.2 Å². The van der Waals surface area contributed by atoms with Crippen molar-refractivity contribution in [2.24, 2.45) is 10.9 Å². The van der Waals surface area contributed by atoms with Gasteiger partial charge in [-0.3, -0.25) is 14.5 Å². The minimum Gasteiger partial charge on any atom is -0.327 e. The van der Waals surface area contributed by atoms with Gasteiger partial charge in [0.15, 0.2) is 11.6 Å². The van der Waals surface area contributed by atoms with E-state index < -0.39 is 12.0 Å². The van der Waals surface area contributed by atoms with E-state index in [1.807, 2.05) is 23.2 Å². The number of Topliss-reactive ketones (excluding diaryl/α,β-unsaturated/α-hetero) is 1. The molecule has 1 aliphatic carbocycles. The molecule has 198 valence electrons. The summed E-state index contributed by atoms with van der Waals surface area (Å²) >= 11 is 6.15. The van der Waals surface area contributed by atoms with Crippen LogP contribution in [0.4, 0.5) is 16.2 Å². The second kappa shape index (κ2) is 9.57. The van der Waals surface area contributed by atoms with E-state index >= 15 is 0 Å². The summed E-state index contributed by atoms with van der Waals surface area (Å²) in [6.45, 7) is 1.19. The number of anilines is 2. The first-order valence-electron chi connectivity index (χ1n) is 13.0. The zero-order chi connectivity index (χ0) is 26.5. The Bertz CT molecular complexity index is 1620. The van der Waals surface area contributed by atoms with Gasteiger partial charge in [0, 0.05) is 31.6 Å². The standard InChI is InChI=1S/C27H25ClFN9O/c28-19-13-32-38(14-19)20-10-22(23(39)8-16-3-6-24(29)30-11-16)36(15-20)27-34-26(21-2-1-7-37(21)35-27)33-25-9-18(12-31-25)17-4-5-17/h1-3,6-7,9,11,13-14,17,20,22H,4-5,8,10,12,15H2,(H,31,33,34,35)/t20-,22-/m0/s1. The number of nitrogens with one attached hydrogen (secondary N) is 1. The quantitative estimate of drug-likeness (QED) is 0.351. The summed E-state index contributed by atoms with van der Waals surface area (Å²) in [5.41, 5.74) is 2.82. The number of amidine groups is 1. The topological polar surface area (TPSA) is 106 Å². The second-order valence-corrected chi connectivity index (χ2v) is 10.7. The maximum Gasteiger partial charge on any atom is 0.246 e. The van der Waals surface area contributed by atoms with Crippen molar-refractivity contribution in [2.45, 2.75) is 37.8 Å². The monoisotopic (exact) mass is 545 g/mol. The molecule has 3 aliphatic rings. The highest BCUT2D eigenvalue weighted by molar-refractivity contribution is 6.30. The van der Waals surface area contributed by atoms with Gasteiger partial charge in [-0.25, -0.2) is 9.50 Å². The normalized spacial score (nSPS) is 20.9. The molecule has 4 aromatic rings. The Balaban J connectivity index is 1.22. The third-order valence-electron chi connectivity index (χ3n) is 7.50. The SMILES string of the molecule is O=C(Cc1ccc(F)nc1)[C@@H]1C[C@H](n2cc(Cl)cn2)CN1c1nc(NC2=NCC(C3CC3)=C2)c2cccn2n1. The van der Waals surface area contributed by atoms with Gasteiger partial charge in [0.1, 0.15) is 11.4 Å². The van der Waals surface area contributed by atoms with Crippen LogP contribution in [-0.4, -0.2) is 60.1 Å². The Kier molecular flexibility index (Phi) is 5.88. The van der Waals surface area contributed by atoms with Gasteiger partial charge in [-0.2, -0.15) is 14.5 Å². The van der Waals surface area contributed by atoms with E-state index in [4.69, 9.17) is 21.7 Å². The summed E-state index contributed by atoms with van der Waals surface area (Å²) in [4.78, 5) is 28.8. The molecular weight excluding hydrogens is 521 g/mol. The van der Waals surface area contributed by atoms with E-state index in [0.717, 1.165) is 17.9 Å². The molecule has 6 heterocycles. The Hall–Kier alpha value is -4.12. The van der Waals surface area contributed by atoms with E-state index in [1.54, 1.807) is 27.7 Å². The summed E-state index contributed by atoms with van der Waals surface area (Å²) < 4.78 is 16.9. The van der Waals surface area contributed by atoms with Gasteiger partial charge in [-0.15, -0.1) is 5.10 Å². The number of aliphatic imine (C=N–C) groups is 1. The van der Waals surface area contributed by atoms with Crippen LogP contribution >= 0.6 is 11.6 Å². The van der Waals surface area contributed by atoms with E-state index in [1.165, 1.54) is 30.7 Å².